The van der Waals surface area contributed by atoms with Gasteiger partial charge >= 0.3 is 5.97 Å². The van der Waals surface area contributed by atoms with Crippen LogP contribution >= 0.6 is 0 Å². The average Bonchev–Trinajstić information content (AvgIpc) is 2.74. The summed E-state index contributed by atoms with van der Waals surface area (Å²) in [5.74, 6) is -1.53. The summed E-state index contributed by atoms with van der Waals surface area (Å²) in [4.78, 5) is 49.3. The van der Waals surface area contributed by atoms with Crippen LogP contribution in [0.1, 0.15) is 64.4 Å². The van der Waals surface area contributed by atoms with Crippen LogP contribution in [0.4, 0.5) is 11.4 Å². The molecule has 3 amide bonds. The number of rotatable bonds is 11. The summed E-state index contributed by atoms with van der Waals surface area (Å²) in [6.45, 7) is 4.00. The van der Waals surface area contributed by atoms with Gasteiger partial charge in [-0.15, -0.1) is 0 Å². The number of carboxylic acid groups (broad SMARTS) is 1. The van der Waals surface area contributed by atoms with Crippen molar-refractivity contribution >= 4 is 35.6 Å². The summed E-state index contributed by atoms with van der Waals surface area (Å²) in [6.07, 6.45) is 5.71. The molecular weight excluding hydrogens is 398 g/mol. The van der Waals surface area contributed by atoms with Crippen LogP contribution in [0.2, 0.25) is 0 Å². The second-order valence-corrected chi connectivity index (χ2v) is 7.51. The van der Waals surface area contributed by atoms with Gasteiger partial charge in [0.05, 0.1) is 11.4 Å². The number of nitrogens with one attached hydrogen (secondary N) is 1. The van der Waals surface area contributed by atoms with Crippen LogP contribution in [0, 0.1) is 0 Å². The lowest BCUT2D eigenvalue weighted by molar-refractivity contribution is -0.137. The van der Waals surface area contributed by atoms with Crippen LogP contribution in [0.25, 0.3) is 0 Å². The number of hydrogen-bond donors (Lipinski definition) is 2. The van der Waals surface area contributed by atoms with Gasteiger partial charge in [0.15, 0.2) is 0 Å². The van der Waals surface area contributed by atoms with Crippen molar-refractivity contribution < 1.29 is 24.3 Å². The van der Waals surface area contributed by atoms with E-state index in [-0.39, 0.29) is 18.7 Å². The standard InChI is InChI=1S/C21H29N3O5.C2H6/c1-23(2)18-13-15(7-5-3-4-6-8-20(27)28)9-10-16(18)24(14-25)17-11-12-19(26)22-21(17)29;1-2/h9-10,13-14,17H,3-8,11-12H2,1-2H3,(H,27,28)(H,22,26,29);1-2H3. The molecule has 1 saturated heterocycles. The van der Waals surface area contributed by atoms with Crippen LogP contribution in [0.3, 0.4) is 0 Å². The number of benzene rings is 1. The third kappa shape index (κ3) is 8.03. The number of aliphatic carboxylic acids is 1. The van der Waals surface area contributed by atoms with Crippen LogP contribution in [-0.2, 0) is 25.6 Å². The Morgan fingerprint density at radius 1 is 1.13 bits per heavy atom. The van der Waals surface area contributed by atoms with E-state index in [1.54, 1.807) is 0 Å². The number of piperidine rings is 1. The molecule has 0 saturated carbocycles. The number of carboxylic acids is 1. The molecule has 1 fully saturated rings. The Bertz CT molecular complexity index is 764. The van der Waals surface area contributed by atoms with Crippen molar-refractivity contribution in [3.63, 3.8) is 0 Å². The number of hydrogen-bond acceptors (Lipinski definition) is 5. The van der Waals surface area contributed by atoms with Gasteiger partial charge < -0.3 is 14.9 Å². The van der Waals surface area contributed by atoms with Gasteiger partial charge in [-0.1, -0.05) is 32.8 Å². The molecule has 2 N–H and O–H groups in total. The molecule has 172 valence electrons. The minimum atomic E-state index is -0.757. The third-order valence-corrected chi connectivity index (χ3v) is 5.07. The zero-order valence-corrected chi connectivity index (χ0v) is 19.0. The van der Waals surface area contributed by atoms with Gasteiger partial charge in [0.25, 0.3) is 0 Å². The predicted molar refractivity (Wildman–Crippen MR) is 121 cm³/mol. The molecule has 1 aromatic carbocycles. The van der Waals surface area contributed by atoms with Crippen molar-refractivity contribution in [2.24, 2.45) is 0 Å². The molecule has 8 nitrogen and oxygen atoms in total. The minimum Gasteiger partial charge on any atom is -0.481 e. The minimum absolute atomic E-state index is 0.206. The fraction of sp³-hybridized carbons (Fsp3) is 0.565. The van der Waals surface area contributed by atoms with E-state index in [1.807, 2.05) is 51.0 Å². The van der Waals surface area contributed by atoms with E-state index in [0.29, 0.717) is 24.9 Å². The summed E-state index contributed by atoms with van der Waals surface area (Å²) in [5, 5.41) is 11.0. The third-order valence-electron chi connectivity index (χ3n) is 5.07. The molecule has 2 rings (SSSR count). The molecular formula is C23H35N3O5. The van der Waals surface area contributed by atoms with Crippen molar-refractivity contribution in [3.05, 3.63) is 23.8 Å². The Labute approximate surface area is 184 Å². The Morgan fingerprint density at radius 2 is 1.81 bits per heavy atom. The van der Waals surface area contributed by atoms with Crippen LogP contribution in [-0.4, -0.2) is 49.4 Å². The first-order chi connectivity index (χ1) is 14.8. The first-order valence-electron chi connectivity index (χ1n) is 10.9. The molecule has 8 heteroatoms. The molecule has 0 radical (unpaired) electrons. The summed E-state index contributed by atoms with van der Waals surface area (Å²) < 4.78 is 0. The number of aryl methyl sites for hydroxylation is 1. The SMILES string of the molecule is CC.CN(C)c1cc(CCCCCCC(=O)O)ccc1N(C=O)C1CCC(=O)NC1=O. The smallest absolute Gasteiger partial charge is 0.303 e. The van der Waals surface area contributed by atoms with E-state index in [4.69, 9.17) is 5.11 Å². The van der Waals surface area contributed by atoms with Crippen LogP contribution in [0.5, 0.6) is 0 Å². The van der Waals surface area contributed by atoms with Gasteiger partial charge in [-0.2, -0.15) is 0 Å². The lowest BCUT2D eigenvalue weighted by Gasteiger charge is -2.32. The Morgan fingerprint density at radius 3 is 2.39 bits per heavy atom. The molecule has 1 heterocycles. The van der Waals surface area contributed by atoms with E-state index < -0.39 is 17.9 Å². The molecule has 1 unspecified atom stereocenters. The maximum Gasteiger partial charge on any atom is 0.303 e. The Kier molecular flexibility index (Phi) is 11.3. The lowest BCUT2D eigenvalue weighted by atomic mass is 10.0. The normalized spacial score (nSPS) is 15.4. The van der Waals surface area contributed by atoms with Crippen molar-refractivity contribution in [1.29, 1.82) is 0 Å². The molecule has 0 aliphatic carbocycles. The predicted octanol–water partition coefficient (Wildman–Crippen LogP) is 3.12. The van der Waals surface area contributed by atoms with Gasteiger partial charge in [0, 0.05) is 26.9 Å². The number of anilines is 2. The monoisotopic (exact) mass is 433 g/mol. The Balaban J connectivity index is 0.00000233. The van der Waals surface area contributed by atoms with Gasteiger partial charge in [-0.25, -0.2) is 0 Å². The molecule has 1 aliphatic rings. The van der Waals surface area contributed by atoms with Gasteiger partial charge in [0.2, 0.25) is 18.2 Å². The summed E-state index contributed by atoms with van der Waals surface area (Å²) >= 11 is 0. The topological polar surface area (TPSA) is 107 Å². The number of carbonyl (C=O) groups is 4. The zero-order valence-electron chi connectivity index (χ0n) is 19.0. The fourth-order valence-corrected chi connectivity index (χ4v) is 3.51. The zero-order chi connectivity index (χ0) is 23.4. The van der Waals surface area contributed by atoms with Gasteiger partial charge in [-0.3, -0.25) is 24.5 Å². The largest absolute Gasteiger partial charge is 0.481 e. The first-order valence-corrected chi connectivity index (χ1v) is 10.9. The highest BCUT2D eigenvalue weighted by molar-refractivity contribution is 6.04. The highest BCUT2D eigenvalue weighted by atomic mass is 16.4. The summed E-state index contributed by atoms with van der Waals surface area (Å²) in [6, 6.07) is 5.09. The molecule has 0 aromatic heterocycles. The summed E-state index contributed by atoms with van der Waals surface area (Å²) in [5.41, 5.74) is 2.57. The van der Waals surface area contributed by atoms with E-state index in [9.17, 15) is 19.2 Å². The molecule has 1 aliphatic heterocycles. The number of nitrogens with zero attached hydrogens (tertiary/aromatic N) is 2. The molecule has 0 spiro atoms. The van der Waals surface area contributed by atoms with Crippen molar-refractivity contribution in [1.82, 2.24) is 5.32 Å². The van der Waals surface area contributed by atoms with E-state index in [1.165, 1.54) is 4.90 Å². The van der Waals surface area contributed by atoms with E-state index in [2.05, 4.69) is 5.32 Å². The number of amides is 3. The first kappa shape index (κ1) is 26.1. The van der Waals surface area contributed by atoms with Gasteiger partial charge in [0.1, 0.15) is 6.04 Å². The van der Waals surface area contributed by atoms with E-state index >= 15 is 0 Å². The maximum absolute atomic E-state index is 12.2. The highest BCUT2D eigenvalue weighted by Crippen LogP contribution is 2.32. The Hall–Kier alpha value is -2.90. The second-order valence-electron chi connectivity index (χ2n) is 7.51. The molecule has 1 atom stereocenters. The number of unbranched alkanes of at least 4 members (excludes halogenated alkanes) is 3. The second kappa shape index (κ2) is 13.4. The number of carbonyl (C=O) groups excluding carboxylic acids is 3. The van der Waals surface area contributed by atoms with Crippen molar-refractivity contribution in [2.75, 3.05) is 23.9 Å². The lowest BCUT2D eigenvalue weighted by Crippen LogP contribution is -2.52. The number of imide groups is 1. The summed E-state index contributed by atoms with van der Waals surface area (Å²) in [7, 11) is 3.75. The molecule has 0 bridgehead atoms. The van der Waals surface area contributed by atoms with Crippen LogP contribution < -0.4 is 15.1 Å². The quantitative estimate of drug-likeness (QED) is 0.315. The van der Waals surface area contributed by atoms with Crippen molar-refractivity contribution in [3.8, 4) is 0 Å². The molecule has 31 heavy (non-hydrogen) atoms. The maximum atomic E-state index is 12.2. The highest BCUT2D eigenvalue weighted by Gasteiger charge is 2.33. The average molecular weight is 434 g/mol. The van der Waals surface area contributed by atoms with Crippen LogP contribution in [0.15, 0.2) is 18.2 Å². The van der Waals surface area contributed by atoms with Crippen molar-refractivity contribution in [2.45, 2.75) is 71.3 Å². The fourth-order valence-electron chi connectivity index (χ4n) is 3.51. The molecule has 1 aromatic rings. The van der Waals surface area contributed by atoms with Gasteiger partial charge in [-0.05, 0) is 43.4 Å². The van der Waals surface area contributed by atoms with E-state index in [0.717, 1.165) is 36.9 Å².